The standard InChI is InChI=1S/C14H16N6O/c1-9(2)11-7-20-8-16-13(12(20)5-15-11)14(21)18-10-4-17-19(3)6-10/h4-9H,1-3H3,(H,18,21). The lowest BCUT2D eigenvalue weighted by atomic mass is 10.1. The minimum Gasteiger partial charge on any atom is -0.318 e. The highest BCUT2D eigenvalue weighted by Crippen LogP contribution is 2.16. The van der Waals surface area contributed by atoms with Gasteiger partial charge in [-0.2, -0.15) is 5.10 Å². The first kappa shape index (κ1) is 13.3. The van der Waals surface area contributed by atoms with E-state index in [1.807, 2.05) is 10.6 Å². The molecule has 7 nitrogen and oxygen atoms in total. The van der Waals surface area contributed by atoms with Gasteiger partial charge in [0.2, 0.25) is 0 Å². The van der Waals surface area contributed by atoms with Crippen LogP contribution >= 0.6 is 0 Å². The fourth-order valence-electron chi connectivity index (χ4n) is 2.06. The maximum absolute atomic E-state index is 12.3. The van der Waals surface area contributed by atoms with E-state index >= 15 is 0 Å². The summed E-state index contributed by atoms with van der Waals surface area (Å²) in [5, 5.41) is 6.78. The molecule has 0 atom stereocenters. The second-order valence-corrected chi connectivity index (χ2v) is 5.21. The zero-order chi connectivity index (χ0) is 15.0. The second-order valence-electron chi connectivity index (χ2n) is 5.21. The second kappa shape index (κ2) is 5.01. The van der Waals surface area contributed by atoms with E-state index in [-0.39, 0.29) is 5.91 Å². The van der Waals surface area contributed by atoms with Crippen molar-refractivity contribution >= 4 is 17.1 Å². The van der Waals surface area contributed by atoms with Gasteiger partial charge in [0.25, 0.3) is 5.91 Å². The van der Waals surface area contributed by atoms with E-state index in [9.17, 15) is 4.79 Å². The summed E-state index contributed by atoms with van der Waals surface area (Å²) in [4.78, 5) is 20.8. The number of rotatable bonds is 3. The van der Waals surface area contributed by atoms with Crippen LogP contribution in [-0.4, -0.2) is 30.1 Å². The van der Waals surface area contributed by atoms with Crippen LogP contribution in [0.4, 0.5) is 5.69 Å². The maximum atomic E-state index is 12.3. The third-order valence-corrected chi connectivity index (χ3v) is 3.21. The minimum absolute atomic E-state index is 0.274. The quantitative estimate of drug-likeness (QED) is 0.796. The molecule has 1 amide bonds. The number of fused-ring (bicyclic) bond motifs is 1. The number of carbonyl (C=O) groups is 1. The van der Waals surface area contributed by atoms with Crippen LogP contribution in [0.5, 0.6) is 0 Å². The molecule has 3 aromatic rings. The molecule has 0 bridgehead atoms. The molecule has 3 heterocycles. The summed E-state index contributed by atoms with van der Waals surface area (Å²) < 4.78 is 3.44. The van der Waals surface area contributed by atoms with Gasteiger partial charge < -0.3 is 9.72 Å². The lowest BCUT2D eigenvalue weighted by molar-refractivity contribution is 0.102. The smallest absolute Gasteiger partial charge is 0.276 e. The average molecular weight is 284 g/mol. The molecule has 0 aromatic carbocycles. The Bertz CT molecular complexity index is 801. The third-order valence-electron chi connectivity index (χ3n) is 3.21. The molecule has 0 saturated heterocycles. The number of amides is 1. The fourth-order valence-corrected chi connectivity index (χ4v) is 2.06. The van der Waals surface area contributed by atoms with Gasteiger partial charge in [0.05, 0.1) is 29.3 Å². The number of aromatic nitrogens is 5. The largest absolute Gasteiger partial charge is 0.318 e. The topological polar surface area (TPSA) is 77.1 Å². The van der Waals surface area contributed by atoms with E-state index < -0.39 is 0 Å². The van der Waals surface area contributed by atoms with Gasteiger partial charge in [-0.3, -0.25) is 14.5 Å². The number of nitrogens with zero attached hydrogens (tertiary/aromatic N) is 5. The van der Waals surface area contributed by atoms with E-state index in [0.29, 0.717) is 22.8 Å². The molecule has 108 valence electrons. The Morgan fingerprint density at radius 2 is 2.05 bits per heavy atom. The Labute approximate surface area is 121 Å². The van der Waals surface area contributed by atoms with E-state index in [1.54, 1.807) is 36.6 Å². The fraction of sp³-hybridized carbons (Fsp3) is 0.286. The van der Waals surface area contributed by atoms with Crippen LogP contribution in [0, 0.1) is 0 Å². The number of anilines is 1. The first-order chi connectivity index (χ1) is 10.0. The summed E-state index contributed by atoms with van der Waals surface area (Å²) in [7, 11) is 1.79. The Balaban J connectivity index is 1.91. The highest BCUT2D eigenvalue weighted by atomic mass is 16.1. The Morgan fingerprint density at radius 3 is 2.71 bits per heavy atom. The van der Waals surface area contributed by atoms with Gasteiger partial charge >= 0.3 is 0 Å². The third kappa shape index (κ3) is 2.49. The summed E-state index contributed by atoms with van der Waals surface area (Å²) in [6.07, 6.45) is 8.52. The summed E-state index contributed by atoms with van der Waals surface area (Å²) in [5.74, 6) is 0.0501. The molecule has 0 fully saturated rings. The van der Waals surface area contributed by atoms with Crippen molar-refractivity contribution in [3.05, 3.63) is 42.5 Å². The molecule has 1 N–H and O–H groups in total. The Hall–Kier alpha value is -2.70. The highest BCUT2D eigenvalue weighted by Gasteiger charge is 2.15. The molecule has 0 unspecified atom stereocenters. The number of hydrogen-bond acceptors (Lipinski definition) is 4. The first-order valence-corrected chi connectivity index (χ1v) is 6.67. The van der Waals surface area contributed by atoms with Crippen LogP contribution < -0.4 is 5.32 Å². The maximum Gasteiger partial charge on any atom is 0.276 e. The number of nitrogens with one attached hydrogen (secondary N) is 1. The predicted octanol–water partition coefficient (Wildman–Crippen LogP) is 1.84. The van der Waals surface area contributed by atoms with Crippen molar-refractivity contribution in [2.24, 2.45) is 7.05 Å². The van der Waals surface area contributed by atoms with Crippen LogP contribution in [0.1, 0.15) is 35.9 Å². The molecule has 0 spiro atoms. The predicted molar refractivity (Wildman–Crippen MR) is 78.2 cm³/mol. The van der Waals surface area contributed by atoms with Crippen molar-refractivity contribution in [2.45, 2.75) is 19.8 Å². The van der Waals surface area contributed by atoms with Crippen molar-refractivity contribution in [2.75, 3.05) is 5.32 Å². The zero-order valence-electron chi connectivity index (χ0n) is 12.1. The molecule has 0 aliphatic heterocycles. The number of carbonyl (C=O) groups excluding carboxylic acids is 1. The zero-order valence-corrected chi connectivity index (χ0v) is 12.1. The molecule has 7 heteroatoms. The number of hydrogen-bond donors (Lipinski definition) is 1. The molecule has 21 heavy (non-hydrogen) atoms. The van der Waals surface area contributed by atoms with Crippen LogP contribution in [0.3, 0.4) is 0 Å². The molecule has 3 rings (SSSR count). The van der Waals surface area contributed by atoms with Crippen LogP contribution in [0.15, 0.2) is 31.1 Å². The van der Waals surface area contributed by atoms with Gasteiger partial charge in [-0.1, -0.05) is 13.8 Å². The molecule has 3 aromatic heterocycles. The van der Waals surface area contributed by atoms with Crippen molar-refractivity contribution < 1.29 is 4.79 Å². The molecule has 0 aliphatic rings. The summed E-state index contributed by atoms with van der Waals surface area (Å²) in [5.41, 5.74) is 2.62. The van der Waals surface area contributed by atoms with Gasteiger partial charge in [-0.05, 0) is 5.92 Å². The molecular formula is C14H16N6O. The van der Waals surface area contributed by atoms with Gasteiger partial charge in [-0.15, -0.1) is 0 Å². The molecule has 0 aliphatic carbocycles. The van der Waals surface area contributed by atoms with Crippen molar-refractivity contribution in [3.8, 4) is 0 Å². The van der Waals surface area contributed by atoms with Crippen LogP contribution in [0.2, 0.25) is 0 Å². The monoisotopic (exact) mass is 284 g/mol. The van der Waals surface area contributed by atoms with Crippen molar-refractivity contribution in [1.82, 2.24) is 24.1 Å². The molecular weight excluding hydrogens is 268 g/mol. The van der Waals surface area contributed by atoms with E-state index in [0.717, 1.165) is 5.69 Å². The van der Waals surface area contributed by atoms with E-state index in [4.69, 9.17) is 0 Å². The average Bonchev–Trinajstić information content (AvgIpc) is 3.04. The van der Waals surface area contributed by atoms with Crippen molar-refractivity contribution in [1.29, 1.82) is 0 Å². The molecule has 0 saturated carbocycles. The van der Waals surface area contributed by atoms with Crippen molar-refractivity contribution in [3.63, 3.8) is 0 Å². The number of aryl methyl sites for hydroxylation is 1. The highest BCUT2D eigenvalue weighted by molar-refractivity contribution is 6.07. The summed E-state index contributed by atoms with van der Waals surface area (Å²) in [6.45, 7) is 4.14. The summed E-state index contributed by atoms with van der Waals surface area (Å²) >= 11 is 0. The van der Waals surface area contributed by atoms with E-state index in [1.165, 1.54) is 0 Å². The minimum atomic E-state index is -0.274. The van der Waals surface area contributed by atoms with Gasteiger partial charge in [0.1, 0.15) is 6.33 Å². The van der Waals surface area contributed by atoms with Gasteiger partial charge in [0, 0.05) is 19.4 Å². The lowest BCUT2D eigenvalue weighted by Crippen LogP contribution is -2.12. The van der Waals surface area contributed by atoms with Crippen LogP contribution in [0.25, 0.3) is 5.52 Å². The number of imidazole rings is 1. The lowest BCUT2D eigenvalue weighted by Gasteiger charge is -2.05. The van der Waals surface area contributed by atoms with E-state index in [2.05, 4.69) is 34.2 Å². The summed E-state index contributed by atoms with van der Waals surface area (Å²) in [6, 6.07) is 0. The first-order valence-electron chi connectivity index (χ1n) is 6.67. The van der Waals surface area contributed by atoms with Gasteiger partial charge in [-0.25, -0.2) is 4.98 Å². The Kier molecular flexibility index (Phi) is 3.17. The Morgan fingerprint density at radius 1 is 1.24 bits per heavy atom. The van der Waals surface area contributed by atoms with Crippen LogP contribution in [-0.2, 0) is 7.05 Å². The normalized spacial score (nSPS) is 11.2. The van der Waals surface area contributed by atoms with Gasteiger partial charge in [0.15, 0.2) is 5.69 Å². The SMILES string of the molecule is CC(C)c1cn2cnc(C(=O)Nc3cnn(C)c3)c2cn1. The molecule has 0 radical (unpaired) electrons.